The number of aryl methyl sites for hydroxylation is 1. The summed E-state index contributed by atoms with van der Waals surface area (Å²) in [7, 11) is 0. The molecule has 8 nitrogen and oxygen atoms in total. The molecule has 2 aromatic heterocycles. The Kier molecular flexibility index (Phi) is 5.07. The zero-order valence-corrected chi connectivity index (χ0v) is 15.6. The molecule has 2 aliphatic rings. The van der Waals surface area contributed by atoms with Crippen molar-refractivity contribution in [3.63, 3.8) is 0 Å². The highest BCUT2D eigenvalue weighted by molar-refractivity contribution is 5.94. The van der Waals surface area contributed by atoms with Gasteiger partial charge in [0.25, 0.3) is 5.91 Å². The summed E-state index contributed by atoms with van der Waals surface area (Å²) < 4.78 is 1.84. The van der Waals surface area contributed by atoms with E-state index in [9.17, 15) is 9.59 Å². The molecule has 8 heteroatoms. The molecular formula is C19H26N6O2. The van der Waals surface area contributed by atoms with Crippen molar-refractivity contribution >= 4 is 17.5 Å². The van der Waals surface area contributed by atoms with Gasteiger partial charge in [0, 0.05) is 25.8 Å². The van der Waals surface area contributed by atoms with E-state index in [1.54, 1.807) is 0 Å². The molecule has 2 saturated heterocycles. The molecule has 0 saturated carbocycles. The van der Waals surface area contributed by atoms with Gasteiger partial charge in [-0.25, -0.2) is 0 Å². The van der Waals surface area contributed by atoms with Crippen molar-refractivity contribution in [2.75, 3.05) is 26.2 Å². The number of rotatable bonds is 4. The molecule has 2 unspecified atom stereocenters. The van der Waals surface area contributed by atoms with Gasteiger partial charge in [-0.15, -0.1) is 10.2 Å². The predicted octanol–water partition coefficient (Wildman–Crippen LogP) is 0.758. The van der Waals surface area contributed by atoms with Crippen LogP contribution in [0, 0.1) is 12.8 Å². The molecular weight excluding hydrogens is 344 g/mol. The van der Waals surface area contributed by atoms with Crippen LogP contribution in [-0.2, 0) is 4.79 Å². The van der Waals surface area contributed by atoms with Crippen LogP contribution in [0.25, 0.3) is 5.65 Å². The summed E-state index contributed by atoms with van der Waals surface area (Å²) in [5.74, 6) is 1.18. The third kappa shape index (κ3) is 3.80. The van der Waals surface area contributed by atoms with Gasteiger partial charge in [0.15, 0.2) is 5.65 Å². The Morgan fingerprint density at radius 1 is 1.26 bits per heavy atom. The van der Waals surface area contributed by atoms with Gasteiger partial charge in [0.05, 0.1) is 11.6 Å². The van der Waals surface area contributed by atoms with Crippen molar-refractivity contribution in [2.24, 2.45) is 5.92 Å². The summed E-state index contributed by atoms with van der Waals surface area (Å²) in [4.78, 5) is 27.0. The van der Waals surface area contributed by atoms with Gasteiger partial charge in [-0.05, 0) is 57.2 Å². The van der Waals surface area contributed by atoms with E-state index >= 15 is 0 Å². The maximum Gasteiger partial charge on any atom is 0.255 e. The number of hydrogen-bond donors (Lipinski definition) is 2. The van der Waals surface area contributed by atoms with Gasteiger partial charge in [-0.3, -0.25) is 14.0 Å². The molecule has 2 aliphatic heterocycles. The van der Waals surface area contributed by atoms with Crippen molar-refractivity contribution in [3.05, 3.63) is 29.7 Å². The monoisotopic (exact) mass is 370 g/mol. The number of piperidine rings is 1. The minimum Gasteiger partial charge on any atom is -0.354 e. The van der Waals surface area contributed by atoms with E-state index in [2.05, 4.69) is 20.8 Å². The average molecular weight is 370 g/mol. The minimum atomic E-state index is -0.0508. The molecule has 0 spiro atoms. The van der Waals surface area contributed by atoms with Gasteiger partial charge in [0.2, 0.25) is 5.91 Å². The van der Waals surface area contributed by atoms with Crippen LogP contribution >= 0.6 is 0 Å². The Bertz CT molecular complexity index is 842. The van der Waals surface area contributed by atoms with Crippen LogP contribution in [0.5, 0.6) is 0 Å². The molecule has 2 amide bonds. The highest BCUT2D eigenvalue weighted by atomic mass is 16.2. The Hall–Kier alpha value is -2.48. The number of carbonyl (C=O) groups excluding carboxylic acids is 2. The van der Waals surface area contributed by atoms with Gasteiger partial charge < -0.3 is 15.5 Å². The fourth-order valence-corrected chi connectivity index (χ4v) is 4.01. The van der Waals surface area contributed by atoms with Crippen molar-refractivity contribution in [2.45, 2.75) is 38.6 Å². The second kappa shape index (κ2) is 7.64. The Morgan fingerprint density at radius 2 is 2.15 bits per heavy atom. The maximum atomic E-state index is 12.9. The third-order valence-electron chi connectivity index (χ3n) is 5.57. The first-order valence-electron chi connectivity index (χ1n) is 9.73. The fourth-order valence-electron chi connectivity index (χ4n) is 4.01. The molecule has 4 heterocycles. The average Bonchev–Trinajstić information content (AvgIpc) is 3.36. The largest absolute Gasteiger partial charge is 0.354 e. The number of nitrogens with zero attached hydrogens (tertiary/aromatic N) is 4. The Morgan fingerprint density at radius 3 is 2.96 bits per heavy atom. The molecule has 2 fully saturated rings. The van der Waals surface area contributed by atoms with E-state index in [0.29, 0.717) is 24.6 Å². The van der Waals surface area contributed by atoms with E-state index in [1.807, 2.05) is 34.6 Å². The van der Waals surface area contributed by atoms with Gasteiger partial charge in [-0.1, -0.05) is 0 Å². The highest BCUT2D eigenvalue weighted by Crippen LogP contribution is 2.19. The second-order valence-electron chi connectivity index (χ2n) is 7.55. The molecule has 0 bridgehead atoms. The van der Waals surface area contributed by atoms with Gasteiger partial charge in [-0.2, -0.15) is 0 Å². The summed E-state index contributed by atoms with van der Waals surface area (Å²) in [5, 5.41) is 14.4. The number of fused-ring (bicyclic) bond motifs is 1. The number of likely N-dealkylation sites (tertiary alicyclic amines) is 1. The molecule has 2 atom stereocenters. The second-order valence-corrected chi connectivity index (χ2v) is 7.55. The molecule has 0 aromatic carbocycles. The summed E-state index contributed by atoms with van der Waals surface area (Å²) in [6.45, 7) is 4.85. The molecule has 27 heavy (non-hydrogen) atoms. The third-order valence-corrected chi connectivity index (χ3v) is 5.57. The highest BCUT2D eigenvalue weighted by Gasteiger charge is 2.27. The molecule has 2 aromatic rings. The smallest absolute Gasteiger partial charge is 0.255 e. The van der Waals surface area contributed by atoms with E-state index in [1.165, 1.54) is 0 Å². The van der Waals surface area contributed by atoms with Crippen molar-refractivity contribution in [1.82, 2.24) is 30.1 Å². The predicted molar refractivity (Wildman–Crippen MR) is 100 cm³/mol. The summed E-state index contributed by atoms with van der Waals surface area (Å²) in [5.41, 5.74) is 1.38. The first kappa shape index (κ1) is 17.9. The Balaban J connectivity index is 1.37. The lowest BCUT2D eigenvalue weighted by atomic mass is 9.97. The number of pyridine rings is 1. The normalized spacial score (nSPS) is 22.9. The number of amides is 2. The van der Waals surface area contributed by atoms with Crippen LogP contribution in [0.15, 0.2) is 18.3 Å². The molecule has 2 N–H and O–H groups in total. The van der Waals surface area contributed by atoms with Gasteiger partial charge >= 0.3 is 0 Å². The van der Waals surface area contributed by atoms with Crippen LogP contribution in [0.1, 0.15) is 41.9 Å². The van der Waals surface area contributed by atoms with E-state index in [-0.39, 0.29) is 17.9 Å². The first-order chi connectivity index (χ1) is 13.1. The van der Waals surface area contributed by atoms with Crippen LogP contribution < -0.4 is 10.6 Å². The van der Waals surface area contributed by atoms with Gasteiger partial charge in [0.1, 0.15) is 5.82 Å². The lowest BCUT2D eigenvalue weighted by molar-refractivity contribution is -0.123. The zero-order chi connectivity index (χ0) is 18.8. The first-order valence-corrected chi connectivity index (χ1v) is 9.73. The number of hydrogen-bond acceptors (Lipinski definition) is 5. The van der Waals surface area contributed by atoms with E-state index < -0.39 is 0 Å². The fraction of sp³-hybridized carbons (Fsp3) is 0.579. The SMILES string of the molecule is Cc1nnc2ccc(C(=O)N3CCCC(CNC(=O)C4CCCN4)C3)cn12. The van der Waals surface area contributed by atoms with E-state index in [0.717, 1.165) is 50.2 Å². The topological polar surface area (TPSA) is 91.6 Å². The molecule has 4 rings (SSSR count). The minimum absolute atomic E-state index is 0.0264. The van der Waals surface area contributed by atoms with Crippen molar-refractivity contribution in [1.29, 1.82) is 0 Å². The Labute approximate surface area is 158 Å². The standard InChI is InChI=1S/C19H26N6O2/c1-13-22-23-17-7-6-15(12-25(13)17)19(27)24-9-3-4-14(11-24)10-21-18(26)16-5-2-8-20-16/h6-7,12,14,16,20H,2-5,8-11H2,1H3,(H,21,26). The van der Waals surface area contributed by atoms with Crippen LogP contribution in [0.3, 0.4) is 0 Å². The summed E-state index contributed by atoms with van der Waals surface area (Å²) in [6.07, 6.45) is 5.77. The maximum absolute atomic E-state index is 12.9. The summed E-state index contributed by atoms with van der Waals surface area (Å²) >= 11 is 0. The van der Waals surface area contributed by atoms with E-state index in [4.69, 9.17) is 0 Å². The lowest BCUT2D eigenvalue weighted by Crippen LogP contribution is -2.46. The zero-order valence-electron chi connectivity index (χ0n) is 15.6. The van der Waals surface area contributed by atoms with Crippen molar-refractivity contribution in [3.8, 4) is 0 Å². The number of aromatic nitrogens is 3. The quantitative estimate of drug-likeness (QED) is 0.829. The number of nitrogens with one attached hydrogen (secondary N) is 2. The molecule has 0 radical (unpaired) electrons. The van der Waals surface area contributed by atoms with Crippen molar-refractivity contribution < 1.29 is 9.59 Å². The van der Waals surface area contributed by atoms with Crippen LogP contribution in [0.2, 0.25) is 0 Å². The summed E-state index contributed by atoms with van der Waals surface area (Å²) in [6, 6.07) is 3.58. The van der Waals surface area contributed by atoms with Crippen LogP contribution in [0.4, 0.5) is 0 Å². The lowest BCUT2D eigenvalue weighted by Gasteiger charge is -2.33. The number of carbonyl (C=O) groups is 2. The molecule has 0 aliphatic carbocycles. The van der Waals surface area contributed by atoms with Crippen LogP contribution in [-0.4, -0.2) is 63.5 Å². The molecule has 144 valence electrons.